The second-order valence-corrected chi connectivity index (χ2v) is 7.82. The van der Waals surface area contributed by atoms with E-state index in [1.165, 1.54) is 0 Å². The predicted molar refractivity (Wildman–Crippen MR) is 60.0 cm³/mol. The van der Waals surface area contributed by atoms with Crippen LogP contribution in [0.1, 0.15) is 40.0 Å². The van der Waals surface area contributed by atoms with Gasteiger partial charge in [-0.05, 0) is 46.0 Å². The van der Waals surface area contributed by atoms with Gasteiger partial charge in [-0.25, -0.2) is 13.1 Å². The average Bonchev–Trinajstić information content (AvgIpc) is 2.46. The van der Waals surface area contributed by atoms with E-state index >= 15 is 0 Å². The van der Waals surface area contributed by atoms with Crippen LogP contribution < -0.4 is 4.72 Å². The molecule has 0 radical (unpaired) electrons. The Labute approximate surface area is 92.1 Å². The Morgan fingerprint density at radius 2 is 1.93 bits per heavy atom. The van der Waals surface area contributed by atoms with Crippen molar-refractivity contribution in [2.45, 2.75) is 50.9 Å². The number of hydrogen-bond donors (Lipinski definition) is 2. The molecule has 1 rings (SSSR count). The largest absolute Gasteiger partial charge is 0.393 e. The van der Waals surface area contributed by atoms with Crippen molar-refractivity contribution in [3.05, 3.63) is 0 Å². The molecule has 5 heteroatoms. The zero-order chi connectivity index (χ0) is 11.7. The lowest BCUT2D eigenvalue weighted by Crippen LogP contribution is -2.41. The van der Waals surface area contributed by atoms with Crippen LogP contribution in [0, 0.1) is 5.92 Å². The Morgan fingerprint density at radius 1 is 1.33 bits per heavy atom. The van der Waals surface area contributed by atoms with Gasteiger partial charge in [0.15, 0.2) is 0 Å². The molecule has 90 valence electrons. The number of nitrogens with one attached hydrogen (secondary N) is 1. The maximum Gasteiger partial charge on any atom is 0.216 e. The van der Waals surface area contributed by atoms with Gasteiger partial charge in [0.1, 0.15) is 0 Å². The summed E-state index contributed by atoms with van der Waals surface area (Å²) in [7, 11) is -3.23. The fraction of sp³-hybridized carbons (Fsp3) is 1.00. The maximum atomic E-state index is 11.7. The monoisotopic (exact) mass is 235 g/mol. The summed E-state index contributed by atoms with van der Waals surface area (Å²) in [4.78, 5) is 0. The van der Waals surface area contributed by atoms with Crippen molar-refractivity contribution in [3.8, 4) is 0 Å². The summed E-state index contributed by atoms with van der Waals surface area (Å²) in [6.07, 6.45) is 2.18. The summed E-state index contributed by atoms with van der Waals surface area (Å²) in [5, 5.41) is 9.31. The van der Waals surface area contributed by atoms with Crippen LogP contribution in [0.15, 0.2) is 0 Å². The first-order valence-corrected chi connectivity index (χ1v) is 6.88. The van der Waals surface area contributed by atoms with E-state index < -0.39 is 14.8 Å². The van der Waals surface area contributed by atoms with Crippen LogP contribution in [-0.2, 0) is 10.0 Å². The molecule has 1 saturated carbocycles. The summed E-state index contributed by atoms with van der Waals surface area (Å²) in [6.45, 7) is 5.49. The van der Waals surface area contributed by atoms with Crippen molar-refractivity contribution < 1.29 is 13.5 Å². The molecule has 4 nitrogen and oxygen atoms in total. The molecule has 0 aromatic heterocycles. The van der Waals surface area contributed by atoms with E-state index in [-0.39, 0.29) is 12.0 Å². The molecule has 2 N–H and O–H groups in total. The second-order valence-electron chi connectivity index (χ2n) is 5.30. The Kier molecular flexibility index (Phi) is 3.79. The fourth-order valence-electron chi connectivity index (χ4n) is 1.68. The van der Waals surface area contributed by atoms with Crippen LogP contribution >= 0.6 is 0 Å². The minimum atomic E-state index is -3.23. The summed E-state index contributed by atoms with van der Waals surface area (Å²) in [6, 6.07) is 0. The fourth-order valence-corrected chi connectivity index (χ4v) is 2.57. The van der Waals surface area contributed by atoms with Gasteiger partial charge in [0, 0.05) is 6.54 Å². The van der Waals surface area contributed by atoms with Crippen LogP contribution in [0.5, 0.6) is 0 Å². The van der Waals surface area contributed by atoms with E-state index in [2.05, 4.69) is 4.72 Å². The number of aliphatic hydroxyl groups is 1. The van der Waals surface area contributed by atoms with Gasteiger partial charge in [-0.15, -0.1) is 0 Å². The quantitative estimate of drug-likeness (QED) is 0.762. The van der Waals surface area contributed by atoms with E-state index in [0.717, 1.165) is 12.8 Å². The van der Waals surface area contributed by atoms with Gasteiger partial charge in [-0.1, -0.05) is 0 Å². The zero-order valence-corrected chi connectivity index (χ0v) is 10.5. The molecule has 0 bridgehead atoms. The standard InChI is InChI=1S/C10H21NO3S/c1-10(2,3)15(13,14)11-7-8-4-5-9(12)6-8/h8-9,11-12H,4-7H2,1-3H3. The van der Waals surface area contributed by atoms with Crippen molar-refractivity contribution in [1.29, 1.82) is 0 Å². The third kappa shape index (κ3) is 3.43. The zero-order valence-electron chi connectivity index (χ0n) is 9.66. The highest BCUT2D eigenvalue weighted by Gasteiger charge is 2.30. The first kappa shape index (κ1) is 12.9. The molecule has 1 fully saturated rings. The highest BCUT2D eigenvalue weighted by molar-refractivity contribution is 7.90. The Bertz CT molecular complexity index is 305. The summed E-state index contributed by atoms with van der Waals surface area (Å²) >= 11 is 0. The lowest BCUT2D eigenvalue weighted by atomic mass is 10.1. The van der Waals surface area contributed by atoms with E-state index in [1.807, 2.05) is 0 Å². The summed E-state index contributed by atoms with van der Waals surface area (Å²) < 4.78 is 25.3. The van der Waals surface area contributed by atoms with Gasteiger partial charge in [0.25, 0.3) is 0 Å². The smallest absolute Gasteiger partial charge is 0.216 e. The van der Waals surface area contributed by atoms with Gasteiger partial charge in [-0.2, -0.15) is 0 Å². The third-order valence-electron chi connectivity index (χ3n) is 2.88. The van der Waals surface area contributed by atoms with Crippen molar-refractivity contribution in [3.63, 3.8) is 0 Å². The van der Waals surface area contributed by atoms with E-state index in [1.54, 1.807) is 20.8 Å². The second kappa shape index (κ2) is 4.39. The number of sulfonamides is 1. The Balaban J connectivity index is 2.44. The Morgan fingerprint density at radius 3 is 2.33 bits per heavy atom. The van der Waals surface area contributed by atoms with E-state index in [4.69, 9.17) is 0 Å². The minimum absolute atomic E-state index is 0.242. The van der Waals surface area contributed by atoms with Crippen LogP contribution in [0.4, 0.5) is 0 Å². The molecular formula is C10H21NO3S. The van der Waals surface area contributed by atoms with Crippen LogP contribution in [-0.4, -0.2) is 30.9 Å². The van der Waals surface area contributed by atoms with Gasteiger partial charge in [0.05, 0.1) is 10.9 Å². The first-order chi connectivity index (χ1) is 6.72. The van der Waals surface area contributed by atoms with Crippen LogP contribution in [0.25, 0.3) is 0 Å². The molecule has 0 aliphatic heterocycles. The van der Waals surface area contributed by atoms with Crippen molar-refractivity contribution >= 4 is 10.0 Å². The molecule has 1 aliphatic carbocycles. The molecule has 2 unspecified atom stereocenters. The molecule has 0 aromatic carbocycles. The minimum Gasteiger partial charge on any atom is -0.393 e. The number of aliphatic hydroxyl groups excluding tert-OH is 1. The average molecular weight is 235 g/mol. The number of rotatable bonds is 3. The lowest BCUT2D eigenvalue weighted by Gasteiger charge is -2.21. The van der Waals surface area contributed by atoms with Gasteiger partial charge >= 0.3 is 0 Å². The van der Waals surface area contributed by atoms with Gasteiger partial charge in [0.2, 0.25) is 10.0 Å². The summed E-state index contributed by atoms with van der Waals surface area (Å²) in [5.41, 5.74) is 0. The van der Waals surface area contributed by atoms with Crippen LogP contribution in [0.2, 0.25) is 0 Å². The van der Waals surface area contributed by atoms with Gasteiger partial charge < -0.3 is 5.11 Å². The molecule has 2 atom stereocenters. The first-order valence-electron chi connectivity index (χ1n) is 5.39. The molecule has 15 heavy (non-hydrogen) atoms. The van der Waals surface area contributed by atoms with Crippen molar-refractivity contribution in [1.82, 2.24) is 4.72 Å². The van der Waals surface area contributed by atoms with Crippen molar-refractivity contribution in [2.75, 3.05) is 6.54 Å². The normalized spacial score (nSPS) is 28.3. The maximum absolute atomic E-state index is 11.7. The predicted octanol–water partition coefficient (Wildman–Crippen LogP) is 0.865. The molecule has 0 heterocycles. The molecule has 0 amide bonds. The molecule has 0 saturated heterocycles. The van der Waals surface area contributed by atoms with Crippen LogP contribution in [0.3, 0.4) is 0 Å². The third-order valence-corrected chi connectivity index (χ3v) is 5.04. The summed E-state index contributed by atoms with van der Waals surface area (Å²) in [5.74, 6) is 0.289. The van der Waals surface area contributed by atoms with E-state index in [0.29, 0.717) is 13.0 Å². The van der Waals surface area contributed by atoms with Gasteiger partial charge in [-0.3, -0.25) is 0 Å². The lowest BCUT2D eigenvalue weighted by molar-refractivity contribution is 0.178. The highest BCUT2D eigenvalue weighted by atomic mass is 32.2. The van der Waals surface area contributed by atoms with Crippen molar-refractivity contribution in [2.24, 2.45) is 5.92 Å². The highest BCUT2D eigenvalue weighted by Crippen LogP contribution is 2.25. The van der Waals surface area contributed by atoms with E-state index in [9.17, 15) is 13.5 Å². The number of hydrogen-bond acceptors (Lipinski definition) is 3. The molecule has 1 aliphatic rings. The molecular weight excluding hydrogens is 214 g/mol. The molecule has 0 aromatic rings. The molecule has 0 spiro atoms. The topological polar surface area (TPSA) is 66.4 Å². The Hall–Kier alpha value is -0.130. The SMILES string of the molecule is CC(C)(C)S(=O)(=O)NCC1CCC(O)C1.